The Bertz CT molecular complexity index is 205. The molecular weight excluding hydrogens is 112 g/mol. The number of rotatable bonds is 0. The maximum Gasteiger partial charge on any atom is 0.0600 e. The van der Waals surface area contributed by atoms with Crippen LogP contribution in [-0.2, 0) is 0 Å². The Kier molecular flexibility index (Phi) is 1.52. The molecule has 2 nitrogen and oxygen atoms in total. The lowest BCUT2D eigenvalue weighted by Gasteiger charge is -1.93. The van der Waals surface area contributed by atoms with Gasteiger partial charge >= 0.3 is 0 Å². The minimum atomic E-state index is 0.705. The van der Waals surface area contributed by atoms with Gasteiger partial charge < -0.3 is 5.73 Å². The second-order valence-electron chi connectivity index (χ2n) is 1.86. The topological polar surface area (TPSA) is 38.4 Å². The predicted octanol–water partition coefficient (Wildman–Crippen LogP) is 0.972. The molecule has 0 aliphatic carbocycles. The first-order valence-corrected chi connectivity index (χ1v) is 2.72. The molecule has 9 heavy (non-hydrogen) atoms. The van der Waals surface area contributed by atoms with Crippen molar-refractivity contribution >= 4 is 5.87 Å². The van der Waals surface area contributed by atoms with Crippen molar-refractivity contribution in [1.29, 1.82) is 0 Å². The summed E-state index contributed by atoms with van der Waals surface area (Å²) in [4.78, 5) is 3.76. The van der Waals surface area contributed by atoms with E-state index in [1.807, 2.05) is 13.0 Å². The second kappa shape index (κ2) is 2.33. The number of allylic oxidation sites excluding steroid dienone is 3. The fourth-order valence-electron chi connectivity index (χ4n) is 0.510. The fraction of sp³-hybridized carbons (Fsp3) is 0.143. The third kappa shape index (κ3) is 1.31. The Labute approximate surface area is 54.1 Å². The minimum absolute atomic E-state index is 0.705. The van der Waals surface area contributed by atoms with Gasteiger partial charge in [0.05, 0.1) is 11.9 Å². The lowest BCUT2D eigenvalue weighted by Crippen LogP contribution is -1.96. The molecule has 2 heteroatoms. The van der Waals surface area contributed by atoms with E-state index in [4.69, 9.17) is 5.73 Å². The number of aliphatic imine (C=N–C) groups is 1. The van der Waals surface area contributed by atoms with E-state index in [1.54, 1.807) is 12.3 Å². The predicted molar refractivity (Wildman–Crippen MR) is 38.0 cm³/mol. The van der Waals surface area contributed by atoms with Crippen LogP contribution in [0.3, 0.4) is 0 Å². The van der Waals surface area contributed by atoms with E-state index in [9.17, 15) is 0 Å². The molecule has 0 atom stereocenters. The highest BCUT2D eigenvalue weighted by Crippen LogP contribution is 2.03. The van der Waals surface area contributed by atoms with Crippen LogP contribution in [0.1, 0.15) is 6.92 Å². The highest BCUT2D eigenvalue weighted by molar-refractivity contribution is 5.58. The van der Waals surface area contributed by atoms with Crippen molar-refractivity contribution in [1.82, 2.24) is 0 Å². The molecule has 0 spiro atoms. The molecule has 46 valence electrons. The van der Waals surface area contributed by atoms with Crippen molar-refractivity contribution in [2.24, 2.45) is 10.7 Å². The van der Waals surface area contributed by atoms with Crippen LogP contribution in [-0.4, -0.2) is 5.87 Å². The summed E-state index contributed by atoms with van der Waals surface area (Å²) in [5.74, 6) is 2.68. The van der Waals surface area contributed by atoms with Crippen molar-refractivity contribution in [3.8, 4) is 0 Å². The van der Waals surface area contributed by atoms with Crippen LogP contribution in [0, 0.1) is 0 Å². The monoisotopic (exact) mass is 120 g/mol. The summed E-state index contributed by atoms with van der Waals surface area (Å²) in [6.07, 6.45) is 5.21. The Hall–Kier alpha value is -1.27. The zero-order chi connectivity index (χ0) is 6.69. The summed E-state index contributed by atoms with van der Waals surface area (Å²) in [6.45, 7) is 1.94. The first kappa shape index (κ1) is 5.86. The average molecular weight is 120 g/mol. The zero-order valence-corrected chi connectivity index (χ0v) is 5.26. The van der Waals surface area contributed by atoms with E-state index in [1.165, 1.54) is 0 Å². The van der Waals surface area contributed by atoms with Gasteiger partial charge in [0.2, 0.25) is 0 Å². The first-order chi connectivity index (χ1) is 4.30. The van der Waals surface area contributed by atoms with Crippen molar-refractivity contribution in [3.63, 3.8) is 0 Å². The SMILES string of the molecule is CC1=CC=C=NC=C1N. The number of nitrogens with zero attached hydrogens (tertiary/aromatic N) is 1. The van der Waals surface area contributed by atoms with Crippen LogP contribution in [0.4, 0.5) is 0 Å². The fourth-order valence-corrected chi connectivity index (χ4v) is 0.510. The quantitative estimate of drug-likeness (QED) is 0.508. The molecule has 0 amide bonds. The highest BCUT2D eigenvalue weighted by Gasteiger charge is 1.90. The summed E-state index contributed by atoms with van der Waals surface area (Å²) in [5, 5.41) is 0. The maximum atomic E-state index is 5.52. The lowest BCUT2D eigenvalue weighted by atomic mass is 10.2. The average Bonchev–Trinajstić information content (AvgIpc) is 1.99. The van der Waals surface area contributed by atoms with Crippen LogP contribution < -0.4 is 5.73 Å². The summed E-state index contributed by atoms with van der Waals surface area (Å²) < 4.78 is 0. The lowest BCUT2D eigenvalue weighted by molar-refractivity contribution is 1.27. The molecule has 0 aromatic heterocycles. The van der Waals surface area contributed by atoms with Gasteiger partial charge in [0, 0.05) is 6.08 Å². The normalized spacial score (nSPS) is 16.6. The molecule has 1 aliphatic heterocycles. The molecule has 0 unspecified atom stereocenters. The molecule has 1 heterocycles. The molecule has 0 fully saturated rings. The summed E-state index contributed by atoms with van der Waals surface area (Å²) in [5.41, 5.74) is 7.25. The zero-order valence-electron chi connectivity index (χ0n) is 5.26. The van der Waals surface area contributed by atoms with E-state index in [2.05, 4.69) is 10.9 Å². The molecule has 0 aromatic carbocycles. The number of nitrogens with two attached hydrogens (primary N) is 1. The number of hydrogen-bond acceptors (Lipinski definition) is 2. The Morgan fingerprint density at radius 3 is 3.22 bits per heavy atom. The molecule has 0 radical (unpaired) electrons. The van der Waals surface area contributed by atoms with Gasteiger partial charge in [-0.25, -0.2) is 4.99 Å². The van der Waals surface area contributed by atoms with Crippen LogP contribution in [0.25, 0.3) is 0 Å². The van der Waals surface area contributed by atoms with Crippen LogP contribution in [0.2, 0.25) is 0 Å². The first-order valence-electron chi connectivity index (χ1n) is 2.72. The Balaban J connectivity index is 3.01. The smallest absolute Gasteiger partial charge is 0.0600 e. The van der Waals surface area contributed by atoms with Crippen molar-refractivity contribution in [2.45, 2.75) is 6.92 Å². The maximum absolute atomic E-state index is 5.52. The van der Waals surface area contributed by atoms with Crippen molar-refractivity contribution in [3.05, 3.63) is 29.6 Å². The van der Waals surface area contributed by atoms with Gasteiger partial charge in [0.15, 0.2) is 0 Å². The molecule has 1 rings (SSSR count). The molecule has 0 bridgehead atoms. The van der Waals surface area contributed by atoms with Crippen LogP contribution in [0.5, 0.6) is 0 Å². The van der Waals surface area contributed by atoms with E-state index >= 15 is 0 Å². The van der Waals surface area contributed by atoms with Crippen LogP contribution >= 0.6 is 0 Å². The summed E-state index contributed by atoms with van der Waals surface area (Å²) in [7, 11) is 0. The van der Waals surface area contributed by atoms with Gasteiger partial charge in [0.25, 0.3) is 0 Å². The van der Waals surface area contributed by atoms with E-state index in [0.29, 0.717) is 5.70 Å². The van der Waals surface area contributed by atoms with Gasteiger partial charge in [-0.2, -0.15) is 0 Å². The largest absolute Gasteiger partial charge is 0.397 e. The van der Waals surface area contributed by atoms with Gasteiger partial charge in [-0.15, -0.1) is 0 Å². The van der Waals surface area contributed by atoms with Gasteiger partial charge in [-0.05, 0) is 24.4 Å². The van der Waals surface area contributed by atoms with E-state index in [-0.39, 0.29) is 0 Å². The highest BCUT2D eigenvalue weighted by atomic mass is 14.7. The summed E-state index contributed by atoms with van der Waals surface area (Å²) in [6, 6.07) is 0. The van der Waals surface area contributed by atoms with Gasteiger partial charge in [0.1, 0.15) is 0 Å². The molecule has 1 aliphatic rings. The van der Waals surface area contributed by atoms with E-state index < -0.39 is 0 Å². The van der Waals surface area contributed by atoms with Crippen LogP contribution in [0.15, 0.2) is 34.6 Å². The number of hydrogen-bond donors (Lipinski definition) is 1. The molecular formula is C7H8N2. The summed E-state index contributed by atoms with van der Waals surface area (Å²) >= 11 is 0. The molecule has 0 saturated heterocycles. The van der Waals surface area contributed by atoms with E-state index in [0.717, 1.165) is 5.57 Å². The molecule has 0 saturated carbocycles. The minimum Gasteiger partial charge on any atom is -0.397 e. The third-order valence-electron chi connectivity index (χ3n) is 1.14. The van der Waals surface area contributed by atoms with Crippen molar-refractivity contribution in [2.75, 3.05) is 0 Å². The third-order valence-corrected chi connectivity index (χ3v) is 1.14. The van der Waals surface area contributed by atoms with Gasteiger partial charge in [-0.1, -0.05) is 0 Å². The molecule has 0 aromatic rings. The Morgan fingerprint density at radius 2 is 2.44 bits per heavy atom. The second-order valence-corrected chi connectivity index (χ2v) is 1.86. The standard InChI is InChI=1S/C7H8N2/c1-6-3-2-4-9-5-7(6)8/h2-3,5H,8H2,1H3. The van der Waals surface area contributed by atoms with Gasteiger partial charge in [-0.3, -0.25) is 0 Å². The Morgan fingerprint density at radius 1 is 1.67 bits per heavy atom. The van der Waals surface area contributed by atoms with Crippen molar-refractivity contribution < 1.29 is 0 Å². The molecule has 2 N–H and O–H groups in total.